The first-order valence-electron chi connectivity index (χ1n) is 8.45. The molecular formula is C18H27N3O2. The average molecular weight is 317 g/mol. The molecule has 1 atom stereocenters. The molecule has 0 aliphatic heterocycles. The second kappa shape index (κ2) is 8.67. The lowest BCUT2D eigenvalue weighted by atomic mass is 9.96. The van der Waals surface area contributed by atoms with Crippen molar-refractivity contribution in [2.45, 2.75) is 51.6 Å². The van der Waals surface area contributed by atoms with Gasteiger partial charge in [0.1, 0.15) is 0 Å². The van der Waals surface area contributed by atoms with Gasteiger partial charge in [0.25, 0.3) is 0 Å². The molecule has 0 saturated heterocycles. The van der Waals surface area contributed by atoms with E-state index in [0.717, 1.165) is 31.2 Å². The van der Waals surface area contributed by atoms with Crippen LogP contribution in [0.3, 0.4) is 0 Å². The van der Waals surface area contributed by atoms with E-state index in [1.54, 1.807) is 0 Å². The fourth-order valence-electron chi connectivity index (χ4n) is 3.06. The number of hydrogen-bond donors (Lipinski definition) is 3. The number of benzene rings is 1. The molecule has 0 radical (unpaired) electrons. The van der Waals surface area contributed by atoms with Gasteiger partial charge in [0.2, 0.25) is 5.91 Å². The van der Waals surface area contributed by atoms with Gasteiger partial charge in [0.05, 0.1) is 6.54 Å². The van der Waals surface area contributed by atoms with E-state index in [0.29, 0.717) is 5.92 Å². The van der Waals surface area contributed by atoms with Crippen molar-refractivity contribution >= 4 is 11.9 Å². The zero-order chi connectivity index (χ0) is 16.7. The van der Waals surface area contributed by atoms with E-state index in [4.69, 9.17) is 0 Å². The van der Waals surface area contributed by atoms with Gasteiger partial charge < -0.3 is 10.6 Å². The molecule has 5 nitrogen and oxygen atoms in total. The highest BCUT2D eigenvalue weighted by molar-refractivity contribution is 5.95. The molecule has 2 rings (SSSR count). The molecule has 1 fully saturated rings. The third-order valence-electron chi connectivity index (χ3n) is 4.25. The average Bonchev–Trinajstić information content (AvgIpc) is 3.00. The Morgan fingerprint density at radius 1 is 1.13 bits per heavy atom. The highest BCUT2D eigenvalue weighted by Crippen LogP contribution is 2.20. The van der Waals surface area contributed by atoms with Crippen molar-refractivity contribution in [3.05, 3.63) is 35.9 Å². The van der Waals surface area contributed by atoms with Gasteiger partial charge in [-0.05, 0) is 24.3 Å². The zero-order valence-electron chi connectivity index (χ0n) is 14.0. The molecule has 0 bridgehead atoms. The van der Waals surface area contributed by atoms with Crippen molar-refractivity contribution in [2.75, 3.05) is 6.54 Å². The number of hydrogen-bond acceptors (Lipinski definition) is 3. The van der Waals surface area contributed by atoms with Crippen molar-refractivity contribution in [1.29, 1.82) is 0 Å². The number of nitrogens with one attached hydrogen (secondary N) is 3. The summed E-state index contributed by atoms with van der Waals surface area (Å²) in [4.78, 5) is 23.7. The molecule has 1 saturated carbocycles. The molecule has 1 aliphatic carbocycles. The smallest absolute Gasteiger partial charge is 0.321 e. The SMILES string of the molecule is CC(C)[C@H](NCC(=O)NC(=O)NC1CCCC1)c1ccccc1. The van der Waals surface area contributed by atoms with Crippen LogP contribution in [0.2, 0.25) is 0 Å². The molecule has 3 N–H and O–H groups in total. The maximum absolute atomic E-state index is 12.0. The van der Waals surface area contributed by atoms with Gasteiger partial charge in [0.15, 0.2) is 0 Å². The normalized spacial score (nSPS) is 16.3. The summed E-state index contributed by atoms with van der Waals surface area (Å²) in [7, 11) is 0. The monoisotopic (exact) mass is 317 g/mol. The Morgan fingerprint density at radius 2 is 1.78 bits per heavy atom. The quantitative estimate of drug-likeness (QED) is 0.755. The maximum atomic E-state index is 12.0. The number of rotatable bonds is 6. The van der Waals surface area contributed by atoms with Crippen molar-refractivity contribution in [1.82, 2.24) is 16.0 Å². The number of carbonyl (C=O) groups excluding carboxylic acids is 2. The molecule has 0 aromatic heterocycles. The predicted molar refractivity (Wildman–Crippen MR) is 91.0 cm³/mol. The lowest BCUT2D eigenvalue weighted by molar-refractivity contribution is -0.119. The first kappa shape index (κ1) is 17.5. The van der Waals surface area contributed by atoms with Crippen LogP contribution in [-0.2, 0) is 4.79 Å². The molecule has 3 amide bonds. The first-order chi connectivity index (χ1) is 11.1. The number of amides is 3. The highest BCUT2D eigenvalue weighted by Gasteiger charge is 2.19. The highest BCUT2D eigenvalue weighted by atomic mass is 16.2. The minimum Gasteiger partial charge on any atom is -0.335 e. The van der Waals surface area contributed by atoms with E-state index < -0.39 is 0 Å². The summed E-state index contributed by atoms with van der Waals surface area (Å²) in [6.07, 6.45) is 4.30. The third kappa shape index (κ3) is 5.67. The predicted octanol–water partition coefficient (Wildman–Crippen LogP) is 2.74. The Kier molecular flexibility index (Phi) is 6.59. The largest absolute Gasteiger partial charge is 0.335 e. The minimum absolute atomic E-state index is 0.0832. The van der Waals surface area contributed by atoms with E-state index >= 15 is 0 Å². The van der Waals surface area contributed by atoms with Crippen LogP contribution in [0.15, 0.2) is 30.3 Å². The summed E-state index contributed by atoms with van der Waals surface area (Å²) in [6.45, 7) is 4.33. The van der Waals surface area contributed by atoms with E-state index in [1.165, 1.54) is 0 Å². The Morgan fingerprint density at radius 3 is 2.39 bits per heavy atom. The summed E-state index contributed by atoms with van der Waals surface area (Å²) in [5, 5.41) is 8.50. The van der Waals surface area contributed by atoms with E-state index in [9.17, 15) is 9.59 Å². The van der Waals surface area contributed by atoms with Gasteiger partial charge in [0, 0.05) is 12.1 Å². The van der Waals surface area contributed by atoms with Crippen LogP contribution in [0.25, 0.3) is 0 Å². The van der Waals surface area contributed by atoms with E-state index in [-0.39, 0.29) is 30.6 Å². The van der Waals surface area contributed by atoms with E-state index in [2.05, 4.69) is 29.8 Å². The zero-order valence-corrected chi connectivity index (χ0v) is 14.0. The summed E-state index contributed by atoms with van der Waals surface area (Å²) in [5.74, 6) is 0.0413. The maximum Gasteiger partial charge on any atom is 0.321 e. The summed E-state index contributed by atoms with van der Waals surface area (Å²) in [5.41, 5.74) is 1.14. The van der Waals surface area contributed by atoms with Gasteiger partial charge in [-0.3, -0.25) is 10.1 Å². The number of carbonyl (C=O) groups is 2. The van der Waals surface area contributed by atoms with Crippen LogP contribution in [0, 0.1) is 5.92 Å². The molecule has 126 valence electrons. The Hall–Kier alpha value is -1.88. The van der Waals surface area contributed by atoms with Crippen molar-refractivity contribution in [3.63, 3.8) is 0 Å². The summed E-state index contributed by atoms with van der Waals surface area (Å²) in [6, 6.07) is 9.95. The van der Waals surface area contributed by atoms with Crippen molar-refractivity contribution < 1.29 is 9.59 Å². The molecule has 0 spiro atoms. The molecule has 1 aromatic carbocycles. The van der Waals surface area contributed by atoms with Crippen LogP contribution >= 0.6 is 0 Å². The van der Waals surface area contributed by atoms with Crippen molar-refractivity contribution in [2.24, 2.45) is 5.92 Å². The van der Waals surface area contributed by atoms with Crippen LogP contribution < -0.4 is 16.0 Å². The second-order valence-electron chi connectivity index (χ2n) is 6.52. The number of urea groups is 1. The number of imide groups is 1. The first-order valence-corrected chi connectivity index (χ1v) is 8.45. The Labute approximate surface area is 138 Å². The minimum atomic E-state index is -0.385. The standard InChI is InChI=1S/C18H27N3O2/c1-13(2)17(14-8-4-3-5-9-14)19-12-16(22)21-18(23)20-15-10-6-7-11-15/h3-5,8-9,13,15,17,19H,6-7,10-12H2,1-2H3,(H2,20,21,22,23)/t17-/m0/s1. The summed E-state index contributed by atoms with van der Waals surface area (Å²) < 4.78 is 0. The molecule has 5 heteroatoms. The third-order valence-corrected chi connectivity index (χ3v) is 4.25. The Balaban J connectivity index is 1.78. The lowest BCUT2D eigenvalue weighted by Gasteiger charge is -2.22. The van der Waals surface area contributed by atoms with Gasteiger partial charge in [-0.1, -0.05) is 57.0 Å². The van der Waals surface area contributed by atoms with E-state index in [1.807, 2.05) is 30.3 Å². The van der Waals surface area contributed by atoms with Gasteiger partial charge >= 0.3 is 6.03 Å². The fraction of sp³-hybridized carbons (Fsp3) is 0.556. The molecule has 23 heavy (non-hydrogen) atoms. The Bertz CT molecular complexity index is 510. The summed E-state index contributed by atoms with van der Waals surface area (Å²) >= 11 is 0. The van der Waals surface area contributed by atoms with Crippen LogP contribution in [-0.4, -0.2) is 24.5 Å². The molecule has 0 heterocycles. The van der Waals surface area contributed by atoms with Crippen LogP contribution in [0.4, 0.5) is 4.79 Å². The van der Waals surface area contributed by atoms with Gasteiger partial charge in [-0.15, -0.1) is 0 Å². The van der Waals surface area contributed by atoms with Gasteiger partial charge in [-0.25, -0.2) is 4.79 Å². The van der Waals surface area contributed by atoms with Crippen LogP contribution in [0.1, 0.15) is 51.1 Å². The molecule has 1 aliphatic rings. The molecular weight excluding hydrogens is 290 g/mol. The fourth-order valence-corrected chi connectivity index (χ4v) is 3.06. The lowest BCUT2D eigenvalue weighted by Crippen LogP contribution is -2.46. The topological polar surface area (TPSA) is 70.2 Å². The van der Waals surface area contributed by atoms with Gasteiger partial charge in [-0.2, -0.15) is 0 Å². The molecule has 1 aromatic rings. The second-order valence-corrected chi connectivity index (χ2v) is 6.52. The molecule has 0 unspecified atom stereocenters. The van der Waals surface area contributed by atoms with Crippen LogP contribution in [0.5, 0.6) is 0 Å². The van der Waals surface area contributed by atoms with Crippen molar-refractivity contribution in [3.8, 4) is 0 Å².